The highest BCUT2D eigenvalue weighted by Gasteiger charge is 2.26. The molecule has 0 saturated carbocycles. The highest BCUT2D eigenvalue weighted by atomic mass is 15.2. The van der Waals surface area contributed by atoms with Gasteiger partial charge in [0.15, 0.2) is 0 Å². The van der Waals surface area contributed by atoms with Crippen molar-refractivity contribution in [1.29, 1.82) is 0 Å². The third-order valence-corrected chi connectivity index (χ3v) is 4.51. The predicted octanol–water partition coefficient (Wildman–Crippen LogP) is 3.42. The zero-order chi connectivity index (χ0) is 14.0. The summed E-state index contributed by atoms with van der Waals surface area (Å²) in [5.74, 6) is 0.655. The minimum atomic E-state index is 0.314. The molecule has 1 aromatic rings. The lowest BCUT2D eigenvalue weighted by Crippen LogP contribution is -2.43. The number of hydrogen-bond acceptors (Lipinski definition) is 2. The Hall–Kier alpha value is -0.860. The van der Waals surface area contributed by atoms with Gasteiger partial charge in [0.1, 0.15) is 0 Å². The molecule has 1 aliphatic rings. The number of nitrogens with two attached hydrogens (primary N) is 1. The van der Waals surface area contributed by atoms with E-state index in [1.165, 1.54) is 36.1 Å². The average molecular weight is 260 g/mol. The van der Waals surface area contributed by atoms with Crippen molar-refractivity contribution in [3.63, 3.8) is 0 Å². The number of nitrogens with zero attached hydrogens (tertiary/aromatic N) is 1. The smallest absolute Gasteiger partial charge is 0.0320 e. The highest BCUT2D eigenvalue weighted by Crippen LogP contribution is 2.28. The molecule has 2 nitrogen and oxygen atoms in total. The Bertz CT molecular complexity index is 405. The first-order valence-electron chi connectivity index (χ1n) is 7.55. The maximum Gasteiger partial charge on any atom is 0.0320 e. The van der Waals surface area contributed by atoms with E-state index in [4.69, 9.17) is 5.73 Å². The van der Waals surface area contributed by atoms with Crippen molar-refractivity contribution in [2.24, 2.45) is 11.7 Å². The maximum absolute atomic E-state index is 6.09. The van der Waals surface area contributed by atoms with Gasteiger partial charge in [-0.05, 0) is 58.6 Å². The van der Waals surface area contributed by atoms with E-state index in [0.717, 1.165) is 6.54 Å². The summed E-state index contributed by atoms with van der Waals surface area (Å²) in [5.41, 5.74) is 10.3. The summed E-state index contributed by atoms with van der Waals surface area (Å²) in [5, 5.41) is 0. The molecule has 1 fully saturated rings. The Morgan fingerprint density at radius 3 is 2.37 bits per heavy atom. The Kier molecular flexibility index (Phi) is 4.64. The standard InChI is InChI=1S/C17H28N2/c1-12-8-13(2)10-17(9-12)15(4)19-7-5-6-16(11-19)14(3)18/h8-10,14-16H,5-7,11,18H2,1-4H3. The fraction of sp³-hybridized carbons (Fsp3) is 0.647. The normalized spacial score (nSPS) is 24.2. The topological polar surface area (TPSA) is 29.3 Å². The SMILES string of the molecule is Cc1cc(C)cc(C(C)N2CCCC(C(C)N)C2)c1. The van der Waals surface area contributed by atoms with Gasteiger partial charge in [-0.1, -0.05) is 29.3 Å². The fourth-order valence-corrected chi connectivity index (χ4v) is 3.28. The zero-order valence-electron chi connectivity index (χ0n) is 12.8. The summed E-state index contributed by atoms with van der Waals surface area (Å²) >= 11 is 0. The van der Waals surface area contributed by atoms with Gasteiger partial charge in [-0.25, -0.2) is 0 Å². The van der Waals surface area contributed by atoms with Gasteiger partial charge in [0.25, 0.3) is 0 Å². The van der Waals surface area contributed by atoms with Gasteiger partial charge < -0.3 is 5.73 Å². The zero-order valence-corrected chi connectivity index (χ0v) is 12.8. The first-order chi connectivity index (χ1) is 8.97. The van der Waals surface area contributed by atoms with Crippen LogP contribution >= 0.6 is 0 Å². The van der Waals surface area contributed by atoms with Crippen LogP contribution in [0.1, 0.15) is 49.4 Å². The van der Waals surface area contributed by atoms with Crippen LogP contribution in [0, 0.1) is 19.8 Å². The minimum Gasteiger partial charge on any atom is -0.328 e. The van der Waals surface area contributed by atoms with Crippen LogP contribution in [0.15, 0.2) is 18.2 Å². The molecule has 3 atom stereocenters. The molecule has 1 saturated heterocycles. The van der Waals surface area contributed by atoms with Crippen LogP contribution in [-0.2, 0) is 0 Å². The van der Waals surface area contributed by atoms with Crippen molar-refractivity contribution >= 4 is 0 Å². The molecule has 2 N–H and O–H groups in total. The van der Waals surface area contributed by atoms with E-state index in [2.05, 4.69) is 50.8 Å². The van der Waals surface area contributed by atoms with E-state index in [9.17, 15) is 0 Å². The van der Waals surface area contributed by atoms with Crippen molar-refractivity contribution in [3.8, 4) is 0 Å². The second kappa shape index (κ2) is 6.06. The van der Waals surface area contributed by atoms with Gasteiger partial charge in [0, 0.05) is 18.6 Å². The highest BCUT2D eigenvalue weighted by molar-refractivity contribution is 5.30. The first kappa shape index (κ1) is 14.5. The fourth-order valence-electron chi connectivity index (χ4n) is 3.28. The quantitative estimate of drug-likeness (QED) is 0.902. The molecule has 106 valence electrons. The van der Waals surface area contributed by atoms with Gasteiger partial charge in [-0.15, -0.1) is 0 Å². The number of rotatable bonds is 3. The second-order valence-corrected chi connectivity index (χ2v) is 6.35. The van der Waals surface area contributed by atoms with Crippen molar-refractivity contribution < 1.29 is 0 Å². The summed E-state index contributed by atoms with van der Waals surface area (Å²) in [6.45, 7) is 11.2. The second-order valence-electron chi connectivity index (χ2n) is 6.35. The molecule has 0 aliphatic carbocycles. The third kappa shape index (κ3) is 3.58. The summed E-state index contributed by atoms with van der Waals surface area (Å²) in [6.07, 6.45) is 2.56. The van der Waals surface area contributed by atoms with E-state index in [-0.39, 0.29) is 0 Å². The lowest BCUT2D eigenvalue weighted by molar-refractivity contribution is 0.121. The Labute approximate surface area is 118 Å². The number of piperidine rings is 1. The molecule has 1 aliphatic heterocycles. The predicted molar refractivity (Wildman–Crippen MR) is 82.3 cm³/mol. The van der Waals surface area contributed by atoms with Crippen molar-refractivity contribution in [1.82, 2.24) is 4.90 Å². The van der Waals surface area contributed by atoms with Crippen molar-refractivity contribution in [3.05, 3.63) is 34.9 Å². The van der Waals surface area contributed by atoms with Crippen LogP contribution in [0.4, 0.5) is 0 Å². The lowest BCUT2D eigenvalue weighted by Gasteiger charge is -2.38. The molecule has 0 aromatic heterocycles. The molecule has 3 unspecified atom stereocenters. The molecular formula is C17H28N2. The maximum atomic E-state index is 6.09. The van der Waals surface area contributed by atoms with Gasteiger partial charge in [0.05, 0.1) is 0 Å². The van der Waals surface area contributed by atoms with E-state index in [1.807, 2.05) is 0 Å². The van der Waals surface area contributed by atoms with Crippen LogP contribution < -0.4 is 5.73 Å². The monoisotopic (exact) mass is 260 g/mol. The van der Waals surface area contributed by atoms with Gasteiger partial charge >= 0.3 is 0 Å². The molecule has 2 rings (SSSR count). The molecular weight excluding hydrogens is 232 g/mol. The molecule has 0 radical (unpaired) electrons. The largest absolute Gasteiger partial charge is 0.328 e. The van der Waals surface area contributed by atoms with Crippen LogP contribution in [0.2, 0.25) is 0 Å². The average Bonchev–Trinajstić information content (AvgIpc) is 2.37. The summed E-state index contributed by atoms with van der Waals surface area (Å²) in [4.78, 5) is 2.60. The van der Waals surface area contributed by atoms with E-state index < -0.39 is 0 Å². The van der Waals surface area contributed by atoms with E-state index >= 15 is 0 Å². The van der Waals surface area contributed by atoms with Gasteiger partial charge in [0.2, 0.25) is 0 Å². The lowest BCUT2D eigenvalue weighted by atomic mass is 9.90. The number of likely N-dealkylation sites (tertiary alicyclic amines) is 1. The number of aryl methyl sites for hydroxylation is 2. The third-order valence-electron chi connectivity index (χ3n) is 4.51. The van der Waals surface area contributed by atoms with Crippen LogP contribution in [-0.4, -0.2) is 24.0 Å². The summed E-state index contributed by atoms with van der Waals surface area (Å²) < 4.78 is 0. The van der Waals surface area contributed by atoms with Gasteiger partial charge in [-0.2, -0.15) is 0 Å². The van der Waals surface area contributed by atoms with Crippen molar-refractivity contribution in [2.45, 2.75) is 52.6 Å². The number of benzene rings is 1. The Morgan fingerprint density at radius 1 is 1.16 bits per heavy atom. The first-order valence-corrected chi connectivity index (χ1v) is 7.55. The van der Waals surface area contributed by atoms with Gasteiger partial charge in [-0.3, -0.25) is 4.90 Å². The molecule has 19 heavy (non-hydrogen) atoms. The molecule has 0 spiro atoms. The van der Waals surface area contributed by atoms with Crippen molar-refractivity contribution in [2.75, 3.05) is 13.1 Å². The Morgan fingerprint density at radius 2 is 1.79 bits per heavy atom. The van der Waals surface area contributed by atoms with Crippen LogP contribution in [0.3, 0.4) is 0 Å². The molecule has 1 heterocycles. The van der Waals surface area contributed by atoms with E-state index in [1.54, 1.807) is 0 Å². The summed E-state index contributed by atoms with van der Waals surface area (Å²) in [7, 11) is 0. The van der Waals surface area contributed by atoms with Crippen LogP contribution in [0.25, 0.3) is 0 Å². The minimum absolute atomic E-state index is 0.314. The molecule has 2 heteroatoms. The van der Waals surface area contributed by atoms with E-state index in [0.29, 0.717) is 18.0 Å². The molecule has 0 bridgehead atoms. The van der Waals surface area contributed by atoms with Crippen LogP contribution in [0.5, 0.6) is 0 Å². The molecule has 0 amide bonds. The summed E-state index contributed by atoms with van der Waals surface area (Å²) in [6, 6.07) is 7.71. The number of hydrogen-bond donors (Lipinski definition) is 1. The Balaban J connectivity index is 2.12. The molecule has 1 aromatic carbocycles.